The highest BCUT2D eigenvalue weighted by atomic mass is 16.5. The number of carbonyl (C=O) groups excluding carboxylic acids is 1. The van der Waals surface area contributed by atoms with Gasteiger partial charge < -0.3 is 14.6 Å². The number of hydrogen-bond donors (Lipinski definition) is 1. The molecule has 0 spiro atoms. The van der Waals surface area contributed by atoms with E-state index in [2.05, 4.69) is 10.3 Å². The van der Waals surface area contributed by atoms with Crippen LogP contribution in [0.4, 0.5) is 0 Å². The minimum atomic E-state index is -0.625. The summed E-state index contributed by atoms with van der Waals surface area (Å²) in [6.45, 7) is 1.96. The number of amides is 1. The summed E-state index contributed by atoms with van der Waals surface area (Å²) in [5, 5.41) is 3.03. The second-order valence-electron chi connectivity index (χ2n) is 5.82. The molecule has 5 heteroatoms. The molecule has 0 aliphatic heterocycles. The second-order valence-corrected chi connectivity index (χ2v) is 5.82. The van der Waals surface area contributed by atoms with Crippen LogP contribution in [0.5, 0.6) is 0 Å². The Hall–Kier alpha value is -2.92. The van der Waals surface area contributed by atoms with E-state index in [0.29, 0.717) is 0 Å². The van der Waals surface area contributed by atoms with Gasteiger partial charge >= 0.3 is 0 Å². The van der Waals surface area contributed by atoms with Crippen molar-refractivity contribution >= 4 is 5.91 Å². The Morgan fingerprint density at radius 2 is 1.88 bits per heavy atom. The fraction of sp³-hybridized carbons (Fsp3) is 0.200. The Labute approximate surface area is 147 Å². The average molecular weight is 335 g/mol. The van der Waals surface area contributed by atoms with E-state index in [0.717, 1.165) is 16.8 Å². The number of hydrogen-bond acceptors (Lipinski definition) is 3. The molecule has 5 nitrogen and oxygen atoms in total. The number of rotatable bonds is 6. The molecule has 0 saturated carbocycles. The van der Waals surface area contributed by atoms with E-state index in [-0.39, 0.29) is 11.9 Å². The maximum atomic E-state index is 12.6. The zero-order valence-electron chi connectivity index (χ0n) is 14.3. The minimum absolute atomic E-state index is 0.141. The first kappa shape index (κ1) is 16.9. The van der Waals surface area contributed by atoms with Crippen LogP contribution >= 0.6 is 0 Å². The molecule has 2 atom stereocenters. The highest BCUT2D eigenvalue weighted by molar-refractivity contribution is 5.82. The molecule has 1 amide bonds. The van der Waals surface area contributed by atoms with Gasteiger partial charge in [-0.1, -0.05) is 42.5 Å². The third-order valence-electron chi connectivity index (χ3n) is 4.11. The van der Waals surface area contributed by atoms with Crippen molar-refractivity contribution in [3.8, 4) is 5.69 Å². The topological polar surface area (TPSA) is 56.1 Å². The standard InChI is InChI=1S/C20H21N3O2/c1-15(17-9-6-10-18(13-17)23-12-11-21-14-23)22-20(24)19(25-2)16-7-4-3-5-8-16/h3-15,19H,1-2H3,(H,22,24)/t15-,19+/m0/s1. The zero-order valence-corrected chi connectivity index (χ0v) is 14.3. The number of nitrogens with one attached hydrogen (secondary N) is 1. The number of methoxy groups -OCH3 is 1. The number of benzene rings is 2. The molecule has 0 saturated heterocycles. The van der Waals surface area contributed by atoms with Crippen LogP contribution in [0.3, 0.4) is 0 Å². The van der Waals surface area contributed by atoms with Gasteiger partial charge in [-0.15, -0.1) is 0 Å². The lowest BCUT2D eigenvalue weighted by Gasteiger charge is -2.20. The Kier molecular flexibility index (Phi) is 5.26. The van der Waals surface area contributed by atoms with Gasteiger partial charge in [0, 0.05) is 25.2 Å². The maximum absolute atomic E-state index is 12.6. The number of aromatic nitrogens is 2. The van der Waals surface area contributed by atoms with E-state index < -0.39 is 6.10 Å². The summed E-state index contributed by atoms with van der Waals surface area (Å²) in [6.07, 6.45) is 4.75. The highest BCUT2D eigenvalue weighted by Crippen LogP contribution is 2.20. The molecule has 0 aliphatic rings. The van der Waals surface area contributed by atoms with Crippen LogP contribution in [-0.4, -0.2) is 22.6 Å². The van der Waals surface area contributed by atoms with Crippen molar-refractivity contribution in [2.24, 2.45) is 0 Å². The van der Waals surface area contributed by atoms with Crippen LogP contribution in [0.25, 0.3) is 5.69 Å². The summed E-state index contributed by atoms with van der Waals surface area (Å²) in [5.41, 5.74) is 2.85. The quantitative estimate of drug-likeness (QED) is 0.751. The van der Waals surface area contributed by atoms with Crippen LogP contribution < -0.4 is 5.32 Å². The van der Waals surface area contributed by atoms with Crippen LogP contribution in [0.1, 0.15) is 30.2 Å². The van der Waals surface area contributed by atoms with Gasteiger partial charge in [-0.25, -0.2) is 4.98 Å². The first-order valence-electron chi connectivity index (χ1n) is 8.15. The third-order valence-corrected chi connectivity index (χ3v) is 4.11. The van der Waals surface area contributed by atoms with E-state index in [1.54, 1.807) is 19.6 Å². The fourth-order valence-corrected chi connectivity index (χ4v) is 2.76. The predicted octanol–water partition coefficient (Wildman–Crippen LogP) is 3.44. The third kappa shape index (κ3) is 3.95. The van der Waals surface area contributed by atoms with Crippen molar-refractivity contribution in [2.45, 2.75) is 19.1 Å². The van der Waals surface area contributed by atoms with Gasteiger partial charge in [-0.05, 0) is 30.2 Å². The van der Waals surface area contributed by atoms with Crippen molar-refractivity contribution in [1.29, 1.82) is 0 Å². The fourth-order valence-electron chi connectivity index (χ4n) is 2.76. The molecular weight excluding hydrogens is 314 g/mol. The molecule has 0 radical (unpaired) electrons. The first-order valence-corrected chi connectivity index (χ1v) is 8.15. The first-order chi connectivity index (χ1) is 12.2. The van der Waals surface area contributed by atoms with E-state index in [1.807, 2.05) is 72.3 Å². The number of ether oxygens (including phenoxy) is 1. The van der Waals surface area contributed by atoms with Crippen molar-refractivity contribution in [2.75, 3.05) is 7.11 Å². The summed E-state index contributed by atoms with van der Waals surface area (Å²) in [6, 6.07) is 17.3. The summed E-state index contributed by atoms with van der Waals surface area (Å²) >= 11 is 0. The van der Waals surface area contributed by atoms with E-state index in [9.17, 15) is 4.79 Å². The molecule has 1 N–H and O–H groups in total. The predicted molar refractivity (Wildman–Crippen MR) is 96.3 cm³/mol. The van der Waals surface area contributed by atoms with Gasteiger partial charge in [0.05, 0.1) is 12.4 Å². The lowest BCUT2D eigenvalue weighted by molar-refractivity contribution is -0.132. The summed E-state index contributed by atoms with van der Waals surface area (Å²) in [7, 11) is 1.54. The van der Waals surface area contributed by atoms with Gasteiger partial charge in [-0.2, -0.15) is 0 Å². The van der Waals surface area contributed by atoms with Crippen LogP contribution in [0.15, 0.2) is 73.3 Å². The Balaban J connectivity index is 1.74. The van der Waals surface area contributed by atoms with Crippen LogP contribution in [0, 0.1) is 0 Å². The van der Waals surface area contributed by atoms with Gasteiger partial charge in [-0.3, -0.25) is 4.79 Å². The van der Waals surface area contributed by atoms with Crippen molar-refractivity contribution in [3.05, 3.63) is 84.4 Å². The molecular formula is C20H21N3O2. The lowest BCUT2D eigenvalue weighted by Crippen LogP contribution is -2.32. The van der Waals surface area contributed by atoms with Crippen molar-refractivity contribution in [1.82, 2.24) is 14.9 Å². The van der Waals surface area contributed by atoms with Gasteiger partial charge in [0.25, 0.3) is 5.91 Å². The molecule has 3 rings (SSSR count). The van der Waals surface area contributed by atoms with Gasteiger partial charge in [0.2, 0.25) is 0 Å². The maximum Gasteiger partial charge on any atom is 0.254 e. The summed E-state index contributed by atoms with van der Waals surface area (Å²) < 4.78 is 7.32. The summed E-state index contributed by atoms with van der Waals surface area (Å²) in [5.74, 6) is -0.158. The minimum Gasteiger partial charge on any atom is -0.367 e. The van der Waals surface area contributed by atoms with E-state index in [1.165, 1.54) is 0 Å². The Bertz CT molecular complexity index is 816. The molecule has 0 unspecified atom stereocenters. The molecule has 25 heavy (non-hydrogen) atoms. The molecule has 128 valence electrons. The molecule has 0 fully saturated rings. The van der Waals surface area contributed by atoms with Gasteiger partial charge in [0.15, 0.2) is 6.10 Å². The molecule has 3 aromatic rings. The van der Waals surface area contributed by atoms with E-state index in [4.69, 9.17) is 4.74 Å². The lowest BCUT2D eigenvalue weighted by atomic mass is 10.1. The Morgan fingerprint density at radius 3 is 2.56 bits per heavy atom. The van der Waals surface area contributed by atoms with Crippen LogP contribution in [0.2, 0.25) is 0 Å². The van der Waals surface area contributed by atoms with E-state index >= 15 is 0 Å². The SMILES string of the molecule is CO[C@@H](C(=O)N[C@@H](C)c1cccc(-n2ccnc2)c1)c1ccccc1. The molecule has 1 heterocycles. The number of nitrogens with zero attached hydrogens (tertiary/aromatic N) is 2. The van der Waals surface area contributed by atoms with Gasteiger partial charge in [0.1, 0.15) is 0 Å². The molecule has 0 aliphatic carbocycles. The largest absolute Gasteiger partial charge is 0.367 e. The number of imidazole rings is 1. The second kappa shape index (κ2) is 7.77. The molecule has 0 bridgehead atoms. The van der Waals surface area contributed by atoms with Crippen molar-refractivity contribution < 1.29 is 9.53 Å². The smallest absolute Gasteiger partial charge is 0.254 e. The normalized spacial score (nSPS) is 13.2. The highest BCUT2D eigenvalue weighted by Gasteiger charge is 2.21. The summed E-state index contributed by atoms with van der Waals surface area (Å²) in [4.78, 5) is 16.7. The van der Waals surface area contributed by atoms with Crippen LogP contribution in [-0.2, 0) is 9.53 Å². The average Bonchev–Trinajstić information content (AvgIpc) is 3.18. The molecule has 1 aromatic heterocycles. The monoisotopic (exact) mass is 335 g/mol. The number of carbonyl (C=O) groups is 1. The molecule has 2 aromatic carbocycles. The zero-order chi connectivity index (χ0) is 17.6. The van der Waals surface area contributed by atoms with Crippen molar-refractivity contribution in [3.63, 3.8) is 0 Å². The Morgan fingerprint density at radius 1 is 1.12 bits per heavy atom.